The lowest BCUT2D eigenvalue weighted by molar-refractivity contribution is -0.200. The first-order valence-electron chi connectivity index (χ1n) is 5.72. The van der Waals surface area contributed by atoms with E-state index in [0.717, 1.165) is 0 Å². The van der Waals surface area contributed by atoms with Gasteiger partial charge in [-0.25, -0.2) is 0 Å². The molecule has 1 aromatic rings. The zero-order chi connectivity index (χ0) is 13.3. The summed E-state index contributed by atoms with van der Waals surface area (Å²) >= 11 is 0. The standard InChI is InChI=1S/C13H16N2O3/c1-13(2)14(9-11(16)15(13)18-3)12(17)10-7-5-4-6-8-10/h4-8H,9H2,1-3H3. The van der Waals surface area contributed by atoms with Gasteiger partial charge in [0.05, 0.1) is 7.11 Å². The molecular formula is C13H16N2O3. The third-order valence-electron chi connectivity index (χ3n) is 3.13. The number of amides is 2. The minimum atomic E-state index is -0.779. The Morgan fingerprint density at radius 2 is 1.89 bits per heavy atom. The largest absolute Gasteiger partial charge is 0.304 e. The Balaban J connectivity index is 2.30. The molecule has 1 saturated heterocycles. The van der Waals surface area contributed by atoms with Crippen LogP contribution < -0.4 is 0 Å². The van der Waals surface area contributed by atoms with Crippen LogP contribution in [0.1, 0.15) is 24.2 Å². The van der Waals surface area contributed by atoms with Crippen molar-refractivity contribution in [1.29, 1.82) is 0 Å². The van der Waals surface area contributed by atoms with Crippen molar-refractivity contribution in [3.05, 3.63) is 35.9 Å². The van der Waals surface area contributed by atoms with Crippen molar-refractivity contribution in [1.82, 2.24) is 9.96 Å². The van der Waals surface area contributed by atoms with Gasteiger partial charge in [0.15, 0.2) is 0 Å². The summed E-state index contributed by atoms with van der Waals surface area (Å²) in [6.45, 7) is 3.60. The Bertz CT molecular complexity index is 470. The average Bonchev–Trinajstić information content (AvgIpc) is 2.59. The zero-order valence-electron chi connectivity index (χ0n) is 10.7. The van der Waals surface area contributed by atoms with Gasteiger partial charge in [-0.3, -0.25) is 14.4 Å². The highest BCUT2D eigenvalue weighted by Crippen LogP contribution is 2.28. The predicted octanol–water partition coefficient (Wildman–Crippen LogP) is 1.27. The summed E-state index contributed by atoms with van der Waals surface area (Å²) in [5.41, 5.74) is -0.213. The van der Waals surface area contributed by atoms with E-state index in [1.165, 1.54) is 17.1 Å². The SMILES string of the molecule is CON1C(=O)CN(C(=O)c2ccccc2)C1(C)C. The van der Waals surface area contributed by atoms with Crippen LogP contribution in [0.3, 0.4) is 0 Å². The van der Waals surface area contributed by atoms with Crippen molar-refractivity contribution >= 4 is 11.8 Å². The van der Waals surface area contributed by atoms with Gasteiger partial charge in [-0.2, -0.15) is 5.06 Å². The maximum absolute atomic E-state index is 12.4. The fourth-order valence-corrected chi connectivity index (χ4v) is 2.19. The van der Waals surface area contributed by atoms with Gasteiger partial charge in [0.1, 0.15) is 12.2 Å². The first kappa shape index (κ1) is 12.6. The van der Waals surface area contributed by atoms with Gasteiger partial charge in [0, 0.05) is 5.56 Å². The molecule has 0 spiro atoms. The zero-order valence-corrected chi connectivity index (χ0v) is 10.7. The smallest absolute Gasteiger partial charge is 0.268 e. The van der Waals surface area contributed by atoms with Crippen LogP contribution in [0, 0.1) is 0 Å². The van der Waals surface area contributed by atoms with Crippen molar-refractivity contribution in [2.24, 2.45) is 0 Å². The van der Waals surface area contributed by atoms with Crippen LogP contribution in [-0.4, -0.2) is 41.1 Å². The molecule has 2 amide bonds. The Labute approximate surface area is 106 Å². The number of hydrogen-bond donors (Lipinski definition) is 0. The van der Waals surface area contributed by atoms with E-state index in [2.05, 4.69) is 0 Å². The van der Waals surface area contributed by atoms with Crippen molar-refractivity contribution < 1.29 is 14.4 Å². The number of carbonyl (C=O) groups excluding carboxylic acids is 2. The molecule has 1 aliphatic rings. The maximum atomic E-state index is 12.4. The summed E-state index contributed by atoms with van der Waals surface area (Å²) in [4.78, 5) is 30.7. The molecule has 0 aromatic heterocycles. The van der Waals surface area contributed by atoms with E-state index in [1.807, 2.05) is 6.07 Å². The number of rotatable bonds is 2. The quantitative estimate of drug-likeness (QED) is 0.792. The highest BCUT2D eigenvalue weighted by Gasteiger charge is 2.47. The highest BCUT2D eigenvalue weighted by molar-refractivity contribution is 5.98. The Morgan fingerprint density at radius 1 is 1.28 bits per heavy atom. The third-order valence-corrected chi connectivity index (χ3v) is 3.13. The summed E-state index contributed by atoms with van der Waals surface area (Å²) in [6.07, 6.45) is 0. The molecular weight excluding hydrogens is 232 g/mol. The van der Waals surface area contributed by atoms with Gasteiger partial charge in [-0.15, -0.1) is 0 Å². The molecule has 5 heteroatoms. The molecule has 1 fully saturated rings. The lowest BCUT2D eigenvalue weighted by Crippen LogP contribution is -2.50. The molecule has 5 nitrogen and oxygen atoms in total. The van der Waals surface area contributed by atoms with Gasteiger partial charge >= 0.3 is 0 Å². The predicted molar refractivity (Wildman–Crippen MR) is 65.4 cm³/mol. The average molecular weight is 248 g/mol. The van der Waals surface area contributed by atoms with E-state index in [-0.39, 0.29) is 18.4 Å². The van der Waals surface area contributed by atoms with E-state index in [9.17, 15) is 9.59 Å². The van der Waals surface area contributed by atoms with Crippen LogP contribution >= 0.6 is 0 Å². The second kappa shape index (κ2) is 4.42. The molecule has 2 rings (SSSR count). The first-order chi connectivity index (χ1) is 8.48. The van der Waals surface area contributed by atoms with E-state index in [4.69, 9.17) is 4.84 Å². The number of carbonyl (C=O) groups is 2. The molecule has 1 heterocycles. The maximum Gasteiger partial charge on any atom is 0.268 e. The summed E-state index contributed by atoms with van der Waals surface area (Å²) in [7, 11) is 1.43. The second-order valence-electron chi connectivity index (χ2n) is 4.62. The lowest BCUT2D eigenvalue weighted by atomic mass is 10.1. The second-order valence-corrected chi connectivity index (χ2v) is 4.62. The Kier molecular flexibility index (Phi) is 3.09. The first-order valence-corrected chi connectivity index (χ1v) is 5.72. The van der Waals surface area contributed by atoms with E-state index >= 15 is 0 Å². The Hall–Kier alpha value is -1.88. The topological polar surface area (TPSA) is 49.9 Å². The van der Waals surface area contributed by atoms with Gasteiger partial charge < -0.3 is 4.90 Å². The summed E-state index contributed by atoms with van der Waals surface area (Å²) < 4.78 is 0. The Morgan fingerprint density at radius 3 is 2.39 bits per heavy atom. The summed E-state index contributed by atoms with van der Waals surface area (Å²) in [5.74, 6) is -0.389. The molecule has 0 N–H and O–H groups in total. The van der Waals surface area contributed by atoms with E-state index in [1.54, 1.807) is 38.1 Å². The fourth-order valence-electron chi connectivity index (χ4n) is 2.19. The van der Waals surface area contributed by atoms with Crippen molar-refractivity contribution in [2.45, 2.75) is 19.5 Å². The van der Waals surface area contributed by atoms with Crippen molar-refractivity contribution in [3.8, 4) is 0 Å². The molecule has 18 heavy (non-hydrogen) atoms. The van der Waals surface area contributed by atoms with Crippen molar-refractivity contribution in [3.63, 3.8) is 0 Å². The highest BCUT2D eigenvalue weighted by atomic mass is 16.7. The molecule has 0 bridgehead atoms. The van der Waals surface area contributed by atoms with Gasteiger partial charge in [-0.05, 0) is 26.0 Å². The van der Waals surface area contributed by atoms with Crippen LogP contribution in [0.4, 0.5) is 0 Å². The van der Waals surface area contributed by atoms with Crippen molar-refractivity contribution in [2.75, 3.05) is 13.7 Å². The molecule has 1 aliphatic heterocycles. The summed E-state index contributed by atoms with van der Waals surface area (Å²) in [5, 5.41) is 1.23. The number of nitrogens with zero attached hydrogens (tertiary/aromatic N) is 2. The molecule has 0 atom stereocenters. The minimum absolute atomic E-state index is 0.0363. The third kappa shape index (κ3) is 1.86. The van der Waals surface area contributed by atoms with Gasteiger partial charge in [0.25, 0.3) is 11.8 Å². The van der Waals surface area contributed by atoms with Crippen LogP contribution in [0.5, 0.6) is 0 Å². The fraction of sp³-hybridized carbons (Fsp3) is 0.385. The molecule has 0 radical (unpaired) electrons. The molecule has 0 unspecified atom stereocenters. The van der Waals surface area contributed by atoms with Crippen LogP contribution in [0.2, 0.25) is 0 Å². The normalized spacial score (nSPS) is 18.3. The lowest BCUT2D eigenvalue weighted by Gasteiger charge is -2.35. The molecule has 1 aromatic carbocycles. The minimum Gasteiger partial charge on any atom is -0.304 e. The van der Waals surface area contributed by atoms with E-state index < -0.39 is 5.66 Å². The van der Waals surface area contributed by atoms with Gasteiger partial charge in [-0.1, -0.05) is 18.2 Å². The number of hydrogen-bond acceptors (Lipinski definition) is 3. The molecule has 0 aliphatic carbocycles. The molecule has 0 saturated carbocycles. The monoisotopic (exact) mass is 248 g/mol. The summed E-state index contributed by atoms with van der Waals surface area (Å²) in [6, 6.07) is 8.91. The van der Waals surface area contributed by atoms with E-state index in [0.29, 0.717) is 5.56 Å². The van der Waals surface area contributed by atoms with Crippen LogP contribution in [0.15, 0.2) is 30.3 Å². The van der Waals surface area contributed by atoms with Gasteiger partial charge in [0.2, 0.25) is 0 Å². The molecule has 96 valence electrons. The number of hydroxylamine groups is 2. The number of benzene rings is 1. The van der Waals surface area contributed by atoms with Crippen LogP contribution in [0.25, 0.3) is 0 Å². The van der Waals surface area contributed by atoms with Crippen LogP contribution in [-0.2, 0) is 9.63 Å².